The highest BCUT2D eigenvalue weighted by atomic mass is 32.1. The first kappa shape index (κ1) is 18.3. The lowest BCUT2D eigenvalue weighted by Crippen LogP contribution is -3.14. The van der Waals surface area contributed by atoms with Crippen molar-refractivity contribution in [3.63, 3.8) is 0 Å². The maximum atomic E-state index is 13.6. The molecule has 0 bridgehead atoms. The van der Waals surface area contributed by atoms with Crippen LogP contribution >= 0.6 is 11.3 Å². The number of nitrogens with zero attached hydrogens (tertiary/aromatic N) is 4. The van der Waals surface area contributed by atoms with Crippen LogP contribution in [-0.2, 0) is 12.8 Å². The number of quaternary nitrogens is 1. The monoisotopic (exact) mass is 420 g/mol. The lowest BCUT2D eigenvalue weighted by atomic mass is 9.97. The molecule has 0 unspecified atom stereocenters. The molecule has 1 aliphatic carbocycles. The number of hydrogen-bond acceptors (Lipinski definition) is 5. The van der Waals surface area contributed by atoms with E-state index in [9.17, 15) is 4.79 Å². The summed E-state index contributed by atoms with van der Waals surface area (Å²) >= 11 is 1.71. The Morgan fingerprint density at radius 2 is 1.87 bits per heavy atom. The van der Waals surface area contributed by atoms with Crippen molar-refractivity contribution in [3.05, 3.63) is 45.1 Å². The van der Waals surface area contributed by atoms with Crippen LogP contribution in [0.25, 0.3) is 26.6 Å². The van der Waals surface area contributed by atoms with E-state index < -0.39 is 0 Å². The fourth-order valence-electron chi connectivity index (χ4n) is 5.11. The van der Waals surface area contributed by atoms with Crippen LogP contribution in [0.4, 0.5) is 5.82 Å². The zero-order valence-corrected chi connectivity index (χ0v) is 18.1. The molecule has 1 aromatic carbocycles. The van der Waals surface area contributed by atoms with Crippen LogP contribution in [0.3, 0.4) is 0 Å². The van der Waals surface area contributed by atoms with Crippen molar-refractivity contribution in [2.45, 2.75) is 32.6 Å². The molecule has 3 aromatic heterocycles. The lowest BCUT2D eigenvalue weighted by Gasteiger charge is -2.32. The third-order valence-corrected chi connectivity index (χ3v) is 8.03. The second-order valence-corrected chi connectivity index (χ2v) is 9.59. The van der Waals surface area contributed by atoms with Crippen LogP contribution in [0, 0.1) is 0 Å². The summed E-state index contributed by atoms with van der Waals surface area (Å²) in [6, 6.07) is 8.28. The number of piperazine rings is 1. The summed E-state index contributed by atoms with van der Waals surface area (Å²) in [6.07, 6.45) is 4.42. The zero-order valence-electron chi connectivity index (χ0n) is 17.3. The maximum absolute atomic E-state index is 13.6. The maximum Gasteiger partial charge on any atom is 0.283 e. The average molecular weight is 421 g/mol. The number of benzene rings is 1. The van der Waals surface area contributed by atoms with Crippen molar-refractivity contribution < 1.29 is 4.90 Å². The molecule has 0 amide bonds. The van der Waals surface area contributed by atoms with E-state index in [1.54, 1.807) is 20.8 Å². The molecule has 1 aliphatic heterocycles. The average Bonchev–Trinajstić information content (AvgIpc) is 3.18. The van der Waals surface area contributed by atoms with Crippen LogP contribution < -0.4 is 15.4 Å². The van der Waals surface area contributed by atoms with Crippen molar-refractivity contribution in [2.75, 3.05) is 37.6 Å². The van der Waals surface area contributed by atoms with E-state index >= 15 is 0 Å². The molecule has 1 N–H and O–H groups in total. The van der Waals surface area contributed by atoms with Gasteiger partial charge in [-0.2, -0.15) is 4.52 Å². The number of thiophene rings is 1. The number of nitrogens with one attached hydrogen (secondary N) is 1. The molecule has 0 radical (unpaired) electrons. The summed E-state index contributed by atoms with van der Waals surface area (Å²) in [5.74, 6) is 0.917. The molecule has 6 rings (SSSR count). The van der Waals surface area contributed by atoms with Gasteiger partial charge in [-0.3, -0.25) is 4.79 Å². The Morgan fingerprint density at radius 1 is 1.10 bits per heavy atom. The zero-order chi connectivity index (χ0) is 20.2. The van der Waals surface area contributed by atoms with Gasteiger partial charge < -0.3 is 9.80 Å². The Hall–Kier alpha value is -2.51. The summed E-state index contributed by atoms with van der Waals surface area (Å²) in [4.78, 5) is 24.8. The topological polar surface area (TPSA) is 54.9 Å². The first-order chi connectivity index (χ1) is 14.7. The Balaban J connectivity index is 1.62. The van der Waals surface area contributed by atoms with Crippen LogP contribution in [0.1, 0.15) is 30.2 Å². The minimum absolute atomic E-state index is 0.000720. The van der Waals surface area contributed by atoms with Crippen LogP contribution in [0.2, 0.25) is 0 Å². The van der Waals surface area contributed by atoms with E-state index in [1.165, 1.54) is 16.9 Å². The second kappa shape index (κ2) is 7.03. The third-order valence-electron chi connectivity index (χ3n) is 6.84. The van der Waals surface area contributed by atoms with Gasteiger partial charge in [0.15, 0.2) is 11.5 Å². The Labute approximate surface area is 178 Å². The van der Waals surface area contributed by atoms with Gasteiger partial charge in [0, 0.05) is 15.6 Å². The molecule has 7 heteroatoms. The van der Waals surface area contributed by atoms with Gasteiger partial charge in [0.2, 0.25) is 0 Å². The minimum Gasteiger partial charge on any atom is -0.343 e. The predicted molar refractivity (Wildman–Crippen MR) is 122 cm³/mol. The quantitative estimate of drug-likeness (QED) is 0.505. The van der Waals surface area contributed by atoms with E-state index in [-0.39, 0.29) is 5.56 Å². The van der Waals surface area contributed by atoms with Crippen molar-refractivity contribution in [3.8, 4) is 0 Å². The molecule has 6 nitrogen and oxygen atoms in total. The van der Waals surface area contributed by atoms with E-state index in [2.05, 4.69) is 30.0 Å². The van der Waals surface area contributed by atoms with E-state index in [4.69, 9.17) is 10.1 Å². The molecule has 0 saturated carbocycles. The summed E-state index contributed by atoms with van der Waals surface area (Å²) < 4.78 is 1.58. The summed E-state index contributed by atoms with van der Waals surface area (Å²) in [5, 5.41) is 7.83. The molecule has 4 heterocycles. The normalized spacial score (nSPS) is 17.8. The summed E-state index contributed by atoms with van der Waals surface area (Å²) in [5.41, 5.74) is 1.91. The molecule has 30 heavy (non-hydrogen) atoms. The lowest BCUT2D eigenvalue weighted by molar-refractivity contribution is -0.898. The fourth-order valence-corrected chi connectivity index (χ4v) is 6.36. The summed E-state index contributed by atoms with van der Waals surface area (Å²) in [7, 11) is 0. The number of likely N-dealkylation sites (N-methyl/N-ethyl adjacent to an activating group) is 1. The first-order valence-electron chi connectivity index (χ1n) is 11.1. The smallest absolute Gasteiger partial charge is 0.283 e. The molecule has 2 aliphatic rings. The van der Waals surface area contributed by atoms with Crippen molar-refractivity contribution >= 4 is 43.8 Å². The Morgan fingerprint density at radius 3 is 2.67 bits per heavy atom. The molecule has 154 valence electrons. The van der Waals surface area contributed by atoms with Crippen molar-refractivity contribution in [2.24, 2.45) is 0 Å². The number of fused-ring (bicyclic) bond motifs is 6. The number of aromatic nitrogens is 3. The first-order valence-corrected chi connectivity index (χ1v) is 11.9. The van der Waals surface area contributed by atoms with Gasteiger partial charge in [-0.15, -0.1) is 16.4 Å². The molecular weight excluding hydrogens is 394 g/mol. The van der Waals surface area contributed by atoms with Gasteiger partial charge in [-0.25, -0.2) is 4.98 Å². The predicted octanol–water partition coefficient (Wildman–Crippen LogP) is 2.06. The minimum atomic E-state index is -0.000720. The van der Waals surface area contributed by atoms with Crippen molar-refractivity contribution in [1.82, 2.24) is 14.6 Å². The van der Waals surface area contributed by atoms with Gasteiger partial charge in [0.05, 0.1) is 38.1 Å². The van der Waals surface area contributed by atoms with Gasteiger partial charge in [-0.05, 0) is 38.2 Å². The van der Waals surface area contributed by atoms with Gasteiger partial charge in [-0.1, -0.05) is 24.3 Å². The highest BCUT2D eigenvalue weighted by molar-refractivity contribution is 7.18. The number of anilines is 1. The van der Waals surface area contributed by atoms with Gasteiger partial charge >= 0.3 is 0 Å². The van der Waals surface area contributed by atoms with Crippen molar-refractivity contribution in [1.29, 1.82) is 0 Å². The molecular formula is C23H26N5OS+. The number of hydrogen-bond donors (Lipinski definition) is 1. The molecule has 1 fully saturated rings. The fraction of sp³-hybridized carbons (Fsp3) is 0.435. The molecule has 4 aromatic rings. The van der Waals surface area contributed by atoms with E-state index in [1.807, 2.05) is 6.07 Å². The second-order valence-electron chi connectivity index (χ2n) is 8.50. The Kier molecular flexibility index (Phi) is 4.28. The van der Waals surface area contributed by atoms with E-state index in [0.717, 1.165) is 78.8 Å². The third kappa shape index (κ3) is 2.68. The van der Waals surface area contributed by atoms with Crippen LogP contribution in [0.15, 0.2) is 29.1 Å². The highest BCUT2D eigenvalue weighted by Crippen LogP contribution is 2.35. The number of aryl methyl sites for hydroxylation is 2. The van der Waals surface area contributed by atoms with Crippen LogP contribution in [-0.4, -0.2) is 47.3 Å². The SMILES string of the molecule is CC[NH+]1CCN(c2nn3c(=O)c4c5c(sc4nc3c3ccccc23)CCCC5)CC1. The number of rotatable bonds is 2. The molecule has 0 atom stereocenters. The van der Waals surface area contributed by atoms with Gasteiger partial charge in [0.25, 0.3) is 5.56 Å². The highest BCUT2D eigenvalue weighted by Gasteiger charge is 2.25. The largest absolute Gasteiger partial charge is 0.343 e. The standard InChI is InChI=1S/C23H25N5OS/c1-2-26-11-13-27(14-12-26)21-16-8-4-3-7-15(16)20-24-22-19(23(29)28(20)25-21)17-9-5-6-10-18(17)30-22/h3-4,7-8H,2,5-6,9-14H2,1H3/p+1. The summed E-state index contributed by atoms with van der Waals surface area (Å²) in [6.45, 7) is 7.54. The van der Waals surface area contributed by atoms with Gasteiger partial charge in [0.1, 0.15) is 4.83 Å². The molecule has 1 saturated heterocycles. The Bertz CT molecular complexity index is 1330. The van der Waals surface area contributed by atoms with Crippen LogP contribution in [0.5, 0.6) is 0 Å². The van der Waals surface area contributed by atoms with E-state index in [0.29, 0.717) is 5.65 Å². The molecule has 0 spiro atoms.